The molecule has 0 bridgehead atoms. The van der Waals surface area contributed by atoms with Gasteiger partial charge in [-0.2, -0.15) is 13.2 Å². The van der Waals surface area contributed by atoms with Crippen molar-refractivity contribution in [1.29, 1.82) is 0 Å². The fraction of sp³-hybridized carbons (Fsp3) is 0.400. The topological polar surface area (TPSA) is 0 Å². The molecule has 3 aromatic carbocycles. The van der Waals surface area contributed by atoms with Crippen molar-refractivity contribution >= 4 is 8.80 Å². The monoisotopic (exact) mass is 480 g/mol. The first-order valence-electron chi connectivity index (χ1n) is 12.7. The van der Waals surface area contributed by atoms with Crippen molar-refractivity contribution in [3.8, 4) is 22.3 Å². The number of benzene rings is 3. The van der Waals surface area contributed by atoms with Crippen LogP contribution in [0.5, 0.6) is 0 Å². The van der Waals surface area contributed by atoms with Crippen molar-refractivity contribution in [1.82, 2.24) is 0 Å². The first-order chi connectivity index (χ1) is 16.3. The van der Waals surface area contributed by atoms with Gasteiger partial charge in [-0.1, -0.05) is 105 Å². The van der Waals surface area contributed by atoms with Gasteiger partial charge in [0.2, 0.25) is 0 Å². The Bertz CT molecular complexity index is 1050. The maximum absolute atomic E-state index is 13.1. The van der Waals surface area contributed by atoms with Crippen LogP contribution in [0.3, 0.4) is 0 Å². The summed E-state index contributed by atoms with van der Waals surface area (Å²) in [5.41, 5.74) is 4.75. The average Bonchev–Trinajstić information content (AvgIpc) is 2.84. The predicted octanol–water partition coefficient (Wildman–Crippen LogP) is 9.58. The van der Waals surface area contributed by atoms with E-state index in [9.17, 15) is 13.2 Å². The summed E-state index contributed by atoms with van der Waals surface area (Å²) >= 11 is 0. The molecular formula is C30H35F3Si. The van der Waals surface area contributed by atoms with Crippen LogP contribution in [0.2, 0.25) is 18.1 Å². The molecule has 0 nitrogen and oxygen atoms in total. The minimum Gasteiger partial charge on any atom is -0.166 e. The lowest BCUT2D eigenvalue weighted by molar-refractivity contribution is -0.137. The van der Waals surface area contributed by atoms with Crippen LogP contribution < -0.4 is 0 Å². The largest absolute Gasteiger partial charge is 0.416 e. The van der Waals surface area contributed by atoms with E-state index in [0.29, 0.717) is 5.92 Å². The van der Waals surface area contributed by atoms with Crippen LogP contribution in [0, 0.1) is 5.92 Å². The molecule has 0 aliphatic carbocycles. The Labute approximate surface area is 203 Å². The van der Waals surface area contributed by atoms with Gasteiger partial charge in [-0.15, -0.1) is 0 Å². The van der Waals surface area contributed by atoms with E-state index in [1.165, 1.54) is 61.5 Å². The second-order valence-electron chi connectivity index (χ2n) is 10.3. The Morgan fingerprint density at radius 1 is 0.824 bits per heavy atom. The van der Waals surface area contributed by atoms with E-state index < -0.39 is 20.5 Å². The van der Waals surface area contributed by atoms with E-state index in [1.807, 2.05) is 18.2 Å². The number of hydrogen-bond donors (Lipinski definition) is 0. The molecule has 0 saturated carbocycles. The molecule has 4 heteroatoms. The van der Waals surface area contributed by atoms with E-state index >= 15 is 0 Å². The molecule has 0 atom stereocenters. The smallest absolute Gasteiger partial charge is 0.166 e. The zero-order chi connectivity index (χ0) is 24.1. The fourth-order valence-corrected chi connectivity index (χ4v) is 8.79. The van der Waals surface area contributed by atoms with Gasteiger partial charge in [0, 0.05) is 8.80 Å². The zero-order valence-corrected chi connectivity index (χ0v) is 21.4. The van der Waals surface area contributed by atoms with E-state index in [0.717, 1.165) is 28.2 Å². The quantitative estimate of drug-likeness (QED) is 0.295. The highest BCUT2D eigenvalue weighted by Gasteiger charge is 2.30. The zero-order valence-electron chi connectivity index (χ0n) is 20.2. The van der Waals surface area contributed by atoms with Gasteiger partial charge in [0.25, 0.3) is 0 Å². The highest BCUT2D eigenvalue weighted by molar-refractivity contribution is 6.59. The molecule has 1 aliphatic heterocycles. The van der Waals surface area contributed by atoms with Crippen molar-refractivity contribution in [3.63, 3.8) is 0 Å². The molecule has 0 aromatic heterocycles. The number of halogens is 3. The van der Waals surface area contributed by atoms with Crippen molar-refractivity contribution in [2.45, 2.75) is 69.8 Å². The molecule has 0 spiro atoms. The molecule has 0 N–H and O–H groups in total. The first kappa shape index (κ1) is 24.8. The summed E-state index contributed by atoms with van der Waals surface area (Å²) < 4.78 is 39.4. The summed E-state index contributed by atoms with van der Waals surface area (Å²) in [7, 11) is -0.606. The molecule has 1 heterocycles. The molecule has 1 saturated heterocycles. The van der Waals surface area contributed by atoms with E-state index in [4.69, 9.17) is 0 Å². The van der Waals surface area contributed by atoms with Gasteiger partial charge in [0.05, 0.1) is 5.56 Å². The van der Waals surface area contributed by atoms with Gasteiger partial charge >= 0.3 is 6.18 Å². The summed E-state index contributed by atoms with van der Waals surface area (Å²) in [6.45, 7) is 4.62. The van der Waals surface area contributed by atoms with Gasteiger partial charge in [0.1, 0.15) is 0 Å². The molecule has 0 amide bonds. The summed E-state index contributed by atoms with van der Waals surface area (Å²) in [6, 6.07) is 26.7. The lowest BCUT2D eigenvalue weighted by Crippen LogP contribution is -2.20. The van der Waals surface area contributed by atoms with E-state index in [1.54, 1.807) is 12.1 Å². The maximum atomic E-state index is 13.1. The Kier molecular flexibility index (Phi) is 7.97. The van der Waals surface area contributed by atoms with Crippen LogP contribution in [0.1, 0.15) is 56.6 Å². The van der Waals surface area contributed by atoms with Crippen LogP contribution in [0.4, 0.5) is 13.2 Å². The van der Waals surface area contributed by atoms with Crippen molar-refractivity contribution in [2.24, 2.45) is 5.92 Å². The van der Waals surface area contributed by atoms with Crippen LogP contribution in [0.25, 0.3) is 22.3 Å². The second-order valence-corrected chi connectivity index (χ2v) is 13.8. The average molecular weight is 481 g/mol. The van der Waals surface area contributed by atoms with Gasteiger partial charge in [-0.05, 0) is 64.6 Å². The Morgan fingerprint density at radius 2 is 1.47 bits per heavy atom. The van der Waals surface area contributed by atoms with Crippen molar-refractivity contribution in [3.05, 3.63) is 83.9 Å². The van der Waals surface area contributed by atoms with Crippen LogP contribution in [0.15, 0.2) is 72.8 Å². The van der Waals surface area contributed by atoms with E-state index in [2.05, 4.69) is 44.2 Å². The highest BCUT2D eigenvalue weighted by Crippen LogP contribution is 2.40. The first-order valence-corrected chi connectivity index (χ1v) is 15.1. The Balaban J connectivity index is 1.58. The summed E-state index contributed by atoms with van der Waals surface area (Å²) in [6.07, 6.45) is 0.944. The van der Waals surface area contributed by atoms with Crippen LogP contribution in [-0.4, -0.2) is 8.80 Å². The highest BCUT2D eigenvalue weighted by atomic mass is 28.3. The molecule has 3 aromatic rings. The van der Waals surface area contributed by atoms with Crippen LogP contribution in [-0.2, 0) is 6.18 Å². The lowest BCUT2D eigenvalue weighted by atomic mass is 9.87. The fourth-order valence-electron chi connectivity index (χ4n) is 5.36. The molecule has 1 fully saturated rings. The third-order valence-corrected chi connectivity index (χ3v) is 10.9. The van der Waals surface area contributed by atoms with Gasteiger partial charge in [0.15, 0.2) is 0 Å². The molecular weight excluding hydrogens is 445 g/mol. The Hall–Kier alpha value is -2.33. The van der Waals surface area contributed by atoms with Crippen molar-refractivity contribution < 1.29 is 13.2 Å². The molecule has 1 aliphatic rings. The summed E-state index contributed by atoms with van der Waals surface area (Å²) in [4.78, 5) is 0. The molecule has 0 radical (unpaired) electrons. The normalized spacial score (nSPS) is 18.9. The number of alkyl halides is 3. The molecule has 0 unspecified atom stereocenters. The summed E-state index contributed by atoms with van der Waals surface area (Å²) in [5, 5.41) is 0. The molecule has 34 heavy (non-hydrogen) atoms. The van der Waals surface area contributed by atoms with Gasteiger partial charge < -0.3 is 0 Å². The third-order valence-electron chi connectivity index (χ3n) is 7.36. The second kappa shape index (κ2) is 10.9. The van der Waals surface area contributed by atoms with Gasteiger partial charge in [-0.3, -0.25) is 0 Å². The predicted molar refractivity (Wildman–Crippen MR) is 140 cm³/mol. The van der Waals surface area contributed by atoms with Gasteiger partial charge in [-0.25, -0.2) is 0 Å². The minimum atomic E-state index is -4.32. The molecule has 180 valence electrons. The number of rotatable bonds is 7. The Morgan fingerprint density at radius 3 is 2.09 bits per heavy atom. The maximum Gasteiger partial charge on any atom is 0.416 e. The van der Waals surface area contributed by atoms with Crippen LogP contribution >= 0.6 is 0 Å². The summed E-state index contributed by atoms with van der Waals surface area (Å²) in [5.74, 6) is 1.36. The lowest BCUT2D eigenvalue weighted by Gasteiger charge is -2.29. The van der Waals surface area contributed by atoms with Crippen molar-refractivity contribution in [2.75, 3.05) is 0 Å². The third kappa shape index (κ3) is 6.21. The molecule has 4 rings (SSSR count). The SMILES string of the molecule is CC(C)CCC[Si@H]1CC[C@H](c2ccc(-c3ccccc3)c(-c3ccc(C(F)(F)F)cc3)c2)CC1. The minimum absolute atomic E-state index is 0.562. The number of hydrogen-bond acceptors (Lipinski definition) is 0. The van der Waals surface area contributed by atoms with E-state index in [-0.39, 0.29) is 0 Å². The standard InChI is InChI=1S/C30H35F3Si/c1-22(2)7-6-18-34-19-16-23(17-20-34)26-12-15-28(24-8-4-3-5-9-24)29(21-26)25-10-13-27(14-11-25)30(31,32)33/h3-5,8-15,21-23,34H,6-7,16-20H2,1-2H3/t23-,34-.